The van der Waals surface area contributed by atoms with E-state index in [9.17, 15) is 0 Å². The number of unbranched alkanes of at least 4 members (excludes halogenated alkanes) is 1. The second-order valence-corrected chi connectivity index (χ2v) is 6.86. The van der Waals surface area contributed by atoms with Crippen LogP contribution in [-0.2, 0) is 0 Å². The molecule has 0 fully saturated rings. The molecule has 0 rings (SSSR count). The van der Waals surface area contributed by atoms with Crippen molar-refractivity contribution in [3.05, 3.63) is 48.4 Å². The molecule has 0 radical (unpaired) electrons. The lowest BCUT2D eigenvalue weighted by Gasteiger charge is -2.27. The fraction of sp³-hybridized carbons (Fsp3) is 0.636. The van der Waals surface area contributed by atoms with Gasteiger partial charge in [0.2, 0.25) is 0 Å². The number of rotatable bonds is 11. The van der Waals surface area contributed by atoms with Crippen LogP contribution in [0.1, 0.15) is 67.2 Å². The molecule has 2 heteroatoms. The van der Waals surface area contributed by atoms with Crippen LogP contribution < -0.4 is 5.32 Å². The van der Waals surface area contributed by atoms with E-state index in [4.69, 9.17) is 0 Å². The first-order valence-corrected chi connectivity index (χ1v) is 9.38. The van der Waals surface area contributed by atoms with Crippen molar-refractivity contribution in [2.45, 2.75) is 67.2 Å². The first kappa shape index (κ1) is 24.8. The summed E-state index contributed by atoms with van der Waals surface area (Å²) in [7, 11) is 1.86. The molecular formula is C22H42N2. The van der Waals surface area contributed by atoms with Gasteiger partial charge in [0.1, 0.15) is 0 Å². The summed E-state index contributed by atoms with van der Waals surface area (Å²) in [6, 6.07) is 0. The third-order valence-electron chi connectivity index (χ3n) is 3.38. The van der Waals surface area contributed by atoms with E-state index >= 15 is 0 Å². The number of nitrogens with zero attached hydrogens (tertiary/aromatic N) is 1. The Morgan fingerprint density at radius 2 is 1.75 bits per heavy atom. The molecule has 0 atom stereocenters. The summed E-state index contributed by atoms with van der Waals surface area (Å²) in [5, 5.41) is 2.86. The molecule has 0 amide bonds. The van der Waals surface area contributed by atoms with Gasteiger partial charge in [-0.3, -0.25) is 0 Å². The van der Waals surface area contributed by atoms with Gasteiger partial charge in [0.25, 0.3) is 0 Å². The van der Waals surface area contributed by atoms with Gasteiger partial charge >= 0.3 is 0 Å². The van der Waals surface area contributed by atoms with Gasteiger partial charge in [0.05, 0.1) is 0 Å². The maximum atomic E-state index is 4.15. The van der Waals surface area contributed by atoms with Crippen molar-refractivity contribution in [1.82, 2.24) is 10.2 Å². The molecule has 1 N–H and O–H groups in total. The molecule has 24 heavy (non-hydrogen) atoms. The number of nitrogens with one attached hydrogen (secondary N) is 1. The van der Waals surface area contributed by atoms with Crippen LogP contribution in [0.3, 0.4) is 0 Å². The highest BCUT2D eigenvalue weighted by molar-refractivity contribution is 5.19. The topological polar surface area (TPSA) is 15.3 Å². The molecular weight excluding hydrogens is 292 g/mol. The van der Waals surface area contributed by atoms with Crippen molar-refractivity contribution < 1.29 is 0 Å². The van der Waals surface area contributed by atoms with Crippen LogP contribution in [0, 0.1) is 5.92 Å². The van der Waals surface area contributed by atoms with Crippen LogP contribution in [0.25, 0.3) is 0 Å². The Morgan fingerprint density at radius 1 is 1.12 bits per heavy atom. The summed E-state index contributed by atoms with van der Waals surface area (Å²) in [5.74, 6) is 0.716. The number of hydrogen-bond acceptors (Lipinski definition) is 2. The van der Waals surface area contributed by atoms with E-state index in [1.54, 1.807) is 0 Å². The lowest BCUT2D eigenvalue weighted by atomic mass is 10.1. The van der Waals surface area contributed by atoms with Gasteiger partial charge in [-0.1, -0.05) is 58.4 Å². The average molecular weight is 335 g/mol. The van der Waals surface area contributed by atoms with E-state index in [2.05, 4.69) is 64.1 Å². The Balaban J connectivity index is 0. The second-order valence-electron chi connectivity index (χ2n) is 6.86. The third kappa shape index (κ3) is 16.9. The normalized spacial score (nSPS) is 11.2. The number of allylic oxidation sites excluding steroid dienone is 5. The molecule has 0 saturated heterocycles. The van der Waals surface area contributed by atoms with Crippen LogP contribution >= 0.6 is 0 Å². The molecule has 0 heterocycles. The quantitative estimate of drug-likeness (QED) is 0.446. The third-order valence-corrected chi connectivity index (χ3v) is 3.38. The monoisotopic (exact) mass is 334 g/mol. The molecule has 2 nitrogen and oxygen atoms in total. The highest BCUT2D eigenvalue weighted by Gasteiger charge is 2.06. The van der Waals surface area contributed by atoms with Crippen molar-refractivity contribution in [2.75, 3.05) is 20.1 Å². The summed E-state index contributed by atoms with van der Waals surface area (Å²) in [5.41, 5.74) is 3.71. The molecule has 0 bridgehead atoms. The zero-order chi connectivity index (χ0) is 19.0. The van der Waals surface area contributed by atoms with Crippen LogP contribution in [-0.4, -0.2) is 25.0 Å². The first-order valence-electron chi connectivity index (χ1n) is 9.38. The largest absolute Gasteiger partial charge is 0.394 e. The SMILES string of the molecule is C=C(/C=C(/C)N(CCC)CC(C)C)CCCC.C=C(C)/C=C\NC. The van der Waals surface area contributed by atoms with E-state index in [1.807, 2.05) is 26.2 Å². The Bertz CT molecular complexity index is 389. The summed E-state index contributed by atoms with van der Waals surface area (Å²) in [6.45, 7) is 23.3. The molecule has 0 aromatic carbocycles. The van der Waals surface area contributed by atoms with Crippen molar-refractivity contribution >= 4 is 0 Å². The zero-order valence-electron chi connectivity index (χ0n) is 17.4. The molecule has 0 aromatic rings. The lowest BCUT2D eigenvalue weighted by molar-refractivity contribution is 0.305. The second kappa shape index (κ2) is 16.4. The predicted octanol–water partition coefficient (Wildman–Crippen LogP) is 6.30. The van der Waals surface area contributed by atoms with Crippen LogP contribution in [0.15, 0.2) is 48.4 Å². The summed E-state index contributed by atoms with van der Waals surface area (Å²) >= 11 is 0. The fourth-order valence-corrected chi connectivity index (χ4v) is 2.21. The van der Waals surface area contributed by atoms with Crippen LogP contribution in [0.5, 0.6) is 0 Å². The Morgan fingerprint density at radius 3 is 2.12 bits per heavy atom. The van der Waals surface area contributed by atoms with Gasteiger partial charge in [-0.15, -0.1) is 0 Å². The fourth-order valence-electron chi connectivity index (χ4n) is 2.21. The van der Waals surface area contributed by atoms with E-state index in [0.29, 0.717) is 5.92 Å². The van der Waals surface area contributed by atoms with Gasteiger partial charge in [-0.2, -0.15) is 0 Å². The van der Waals surface area contributed by atoms with Crippen LogP contribution in [0.2, 0.25) is 0 Å². The van der Waals surface area contributed by atoms with Gasteiger partial charge in [-0.25, -0.2) is 0 Å². The summed E-state index contributed by atoms with van der Waals surface area (Å²) < 4.78 is 0. The van der Waals surface area contributed by atoms with Gasteiger partial charge in [0, 0.05) is 25.8 Å². The smallest absolute Gasteiger partial charge is 0.0197 e. The number of hydrogen-bond donors (Lipinski definition) is 1. The van der Waals surface area contributed by atoms with Crippen LogP contribution in [0.4, 0.5) is 0 Å². The van der Waals surface area contributed by atoms with Crippen molar-refractivity contribution in [3.8, 4) is 0 Å². The van der Waals surface area contributed by atoms with Gasteiger partial charge < -0.3 is 10.2 Å². The average Bonchev–Trinajstić information content (AvgIpc) is 2.50. The molecule has 140 valence electrons. The molecule has 0 aliphatic carbocycles. The van der Waals surface area contributed by atoms with Gasteiger partial charge in [-0.05, 0) is 57.4 Å². The molecule has 0 aliphatic heterocycles. The molecule has 0 aliphatic rings. The summed E-state index contributed by atoms with van der Waals surface area (Å²) in [6.07, 6.45) is 10.9. The summed E-state index contributed by atoms with van der Waals surface area (Å²) in [4.78, 5) is 2.49. The predicted molar refractivity (Wildman–Crippen MR) is 112 cm³/mol. The van der Waals surface area contributed by atoms with Crippen molar-refractivity contribution in [2.24, 2.45) is 5.92 Å². The van der Waals surface area contributed by atoms with Gasteiger partial charge in [0.15, 0.2) is 0 Å². The van der Waals surface area contributed by atoms with E-state index in [-0.39, 0.29) is 0 Å². The minimum atomic E-state index is 0.716. The maximum Gasteiger partial charge on any atom is 0.0197 e. The Labute approximate surface area is 152 Å². The van der Waals surface area contributed by atoms with Crippen molar-refractivity contribution in [3.63, 3.8) is 0 Å². The minimum Gasteiger partial charge on any atom is -0.394 e. The van der Waals surface area contributed by atoms with E-state index in [1.165, 1.54) is 30.5 Å². The standard InChI is InChI=1S/C16H31N.C6H11N/c1-7-9-10-15(5)12-16(6)17(11-8-2)13-14(3)4;1-6(2)4-5-7-3/h12,14H,5,7-11,13H2,1-4,6H3;4-5,7H,1H2,2-3H3/b16-12-;5-4-. The molecule has 0 unspecified atom stereocenters. The molecule has 0 spiro atoms. The molecule has 0 aromatic heterocycles. The Hall–Kier alpha value is -1.44. The van der Waals surface area contributed by atoms with E-state index in [0.717, 1.165) is 25.1 Å². The highest BCUT2D eigenvalue weighted by Crippen LogP contribution is 2.14. The highest BCUT2D eigenvalue weighted by atomic mass is 15.1. The molecule has 0 saturated carbocycles. The van der Waals surface area contributed by atoms with Crippen molar-refractivity contribution in [1.29, 1.82) is 0 Å². The van der Waals surface area contributed by atoms with E-state index < -0.39 is 0 Å². The first-order chi connectivity index (χ1) is 11.3. The maximum absolute atomic E-state index is 4.15. The Kier molecular flexibility index (Phi) is 17.0. The zero-order valence-corrected chi connectivity index (χ0v) is 17.4. The minimum absolute atomic E-state index is 0.716. The lowest BCUT2D eigenvalue weighted by Crippen LogP contribution is -2.27.